The molecule has 7 nitrogen and oxygen atoms in total. The molecule has 0 saturated carbocycles. The van der Waals surface area contributed by atoms with Crippen LogP contribution in [0.5, 0.6) is 5.75 Å². The van der Waals surface area contributed by atoms with Crippen LogP contribution in [0.1, 0.15) is 10.6 Å². The van der Waals surface area contributed by atoms with E-state index in [1.807, 2.05) is 59.5 Å². The van der Waals surface area contributed by atoms with Crippen molar-refractivity contribution in [3.63, 3.8) is 0 Å². The van der Waals surface area contributed by atoms with Gasteiger partial charge in [0, 0.05) is 43.2 Å². The number of aromatic nitrogens is 2. The van der Waals surface area contributed by atoms with Gasteiger partial charge in [0.1, 0.15) is 12.1 Å². The smallest absolute Gasteiger partial charge is 0.289 e. The van der Waals surface area contributed by atoms with Gasteiger partial charge in [0.05, 0.1) is 12.8 Å². The number of hydrogen-bond acceptors (Lipinski definition) is 6. The Morgan fingerprint density at radius 1 is 0.968 bits per heavy atom. The minimum atomic E-state index is -0.106. The van der Waals surface area contributed by atoms with E-state index in [2.05, 4.69) is 14.9 Å². The van der Waals surface area contributed by atoms with Gasteiger partial charge >= 0.3 is 0 Å². The Balaban J connectivity index is 1.29. The van der Waals surface area contributed by atoms with Gasteiger partial charge < -0.3 is 19.0 Å². The van der Waals surface area contributed by atoms with Crippen LogP contribution in [-0.4, -0.2) is 54.1 Å². The normalized spacial score (nSPS) is 14.1. The van der Waals surface area contributed by atoms with E-state index >= 15 is 0 Å². The Bertz CT molecular complexity index is 1210. The minimum absolute atomic E-state index is 0.106. The van der Waals surface area contributed by atoms with Crippen molar-refractivity contribution >= 4 is 22.7 Å². The summed E-state index contributed by atoms with van der Waals surface area (Å²) in [5, 5.41) is 0.857. The van der Waals surface area contributed by atoms with Crippen molar-refractivity contribution in [2.75, 3.05) is 38.2 Å². The third-order valence-electron chi connectivity index (χ3n) is 5.55. The standard InChI is InChI=1S/C24H22N4O3/c1-30-20-9-5-8-18-14-21(31-23(18)20)24(29)28-12-10-27(11-13-28)22-15-19(25-16-26-22)17-6-3-2-4-7-17/h2-9,14-16H,10-13H2,1H3. The number of piperazine rings is 1. The highest BCUT2D eigenvalue weighted by molar-refractivity contribution is 5.97. The fourth-order valence-corrected chi connectivity index (χ4v) is 3.88. The number of rotatable bonds is 4. The summed E-state index contributed by atoms with van der Waals surface area (Å²) < 4.78 is 11.2. The van der Waals surface area contributed by atoms with Crippen LogP contribution in [0.15, 0.2) is 71.4 Å². The molecule has 1 amide bonds. The fourth-order valence-electron chi connectivity index (χ4n) is 3.88. The van der Waals surface area contributed by atoms with Gasteiger partial charge in [0.15, 0.2) is 17.1 Å². The summed E-state index contributed by atoms with van der Waals surface area (Å²) in [5.74, 6) is 1.72. The molecule has 1 saturated heterocycles. The number of carbonyl (C=O) groups is 1. The fraction of sp³-hybridized carbons (Fsp3) is 0.208. The number of furan rings is 1. The van der Waals surface area contributed by atoms with Crippen molar-refractivity contribution in [2.24, 2.45) is 0 Å². The third kappa shape index (κ3) is 3.70. The SMILES string of the molecule is COc1cccc2cc(C(=O)N3CCN(c4cc(-c5ccccc5)ncn4)CC3)oc12. The molecule has 156 valence electrons. The van der Waals surface area contributed by atoms with E-state index in [4.69, 9.17) is 9.15 Å². The van der Waals surface area contributed by atoms with E-state index in [9.17, 15) is 4.79 Å². The molecule has 0 unspecified atom stereocenters. The molecule has 1 fully saturated rings. The van der Waals surface area contributed by atoms with Gasteiger partial charge in [-0.2, -0.15) is 0 Å². The number of hydrogen-bond donors (Lipinski definition) is 0. The van der Waals surface area contributed by atoms with Crippen molar-refractivity contribution in [2.45, 2.75) is 0 Å². The number of ether oxygens (including phenoxy) is 1. The molecule has 0 bridgehead atoms. The van der Waals surface area contributed by atoms with E-state index in [1.165, 1.54) is 0 Å². The van der Waals surface area contributed by atoms with Crippen LogP contribution in [-0.2, 0) is 0 Å². The lowest BCUT2D eigenvalue weighted by atomic mass is 10.1. The quantitative estimate of drug-likeness (QED) is 0.505. The van der Waals surface area contributed by atoms with Crippen molar-refractivity contribution < 1.29 is 13.9 Å². The monoisotopic (exact) mass is 414 g/mol. The topological polar surface area (TPSA) is 71.7 Å². The van der Waals surface area contributed by atoms with E-state index in [-0.39, 0.29) is 5.91 Å². The molecule has 0 spiro atoms. The van der Waals surface area contributed by atoms with Crippen molar-refractivity contribution in [1.29, 1.82) is 0 Å². The first-order valence-electron chi connectivity index (χ1n) is 10.2. The number of fused-ring (bicyclic) bond motifs is 1. The molecule has 2 aromatic heterocycles. The first-order chi connectivity index (χ1) is 15.2. The molecule has 0 N–H and O–H groups in total. The van der Waals surface area contributed by atoms with Gasteiger partial charge in [0.25, 0.3) is 5.91 Å². The molecular formula is C24H22N4O3. The summed E-state index contributed by atoms with van der Waals surface area (Å²) in [6.45, 7) is 2.58. The minimum Gasteiger partial charge on any atom is -0.493 e. The molecule has 7 heteroatoms. The predicted molar refractivity (Wildman–Crippen MR) is 118 cm³/mol. The molecule has 4 aromatic rings. The van der Waals surface area contributed by atoms with Crippen molar-refractivity contribution in [1.82, 2.24) is 14.9 Å². The molecule has 0 atom stereocenters. The zero-order valence-electron chi connectivity index (χ0n) is 17.2. The summed E-state index contributed by atoms with van der Waals surface area (Å²) in [5.41, 5.74) is 2.54. The summed E-state index contributed by atoms with van der Waals surface area (Å²) in [6, 6.07) is 19.4. The number of benzene rings is 2. The molecule has 1 aliphatic rings. The summed E-state index contributed by atoms with van der Waals surface area (Å²) in [6.07, 6.45) is 1.59. The second-order valence-electron chi connectivity index (χ2n) is 7.40. The number of nitrogens with zero attached hydrogens (tertiary/aromatic N) is 4. The predicted octanol–water partition coefficient (Wildman–Crippen LogP) is 3.86. The van der Waals surface area contributed by atoms with Crippen LogP contribution < -0.4 is 9.64 Å². The lowest BCUT2D eigenvalue weighted by molar-refractivity contribution is 0.0716. The van der Waals surface area contributed by atoms with Gasteiger partial charge in [-0.25, -0.2) is 9.97 Å². The maximum atomic E-state index is 13.0. The Kier molecular flexibility index (Phi) is 5.00. The Labute approximate surface area is 179 Å². The highest BCUT2D eigenvalue weighted by Gasteiger charge is 2.26. The van der Waals surface area contributed by atoms with E-state index < -0.39 is 0 Å². The number of carbonyl (C=O) groups excluding carboxylic acids is 1. The maximum Gasteiger partial charge on any atom is 0.289 e. The molecule has 5 rings (SSSR count). The Morgan fingerprint density at radius 2 is 1.77 bits per heavy atom. The highest BCUT2D eigenvalue weighted by atomic mass is 16.5. The first kappa shape index (κ1) is 19.1. The highest BCUT2D eigenvalue weighted by Crippen LogP contribution is 2.29. The average molecular weight is 414 g/mol. The Morgan fingerprint density at radius 3 is 2.55 bits per heavy atom. The lowest BCUT2D eigenvalue weighted by Crippen LogP contribution is -2.49. The second kappa shape index (κ2) is 8.10. The van der Waals surface area contributed by atoms with Crippen LogP contribution in [0.25, 0.3) is 22.2 Å². The molecule has 0 radical (unpaired) electrons. The summed E-state index contributed by atoms with van der Waals surface area (Å²) in [7, 11) is 1.59. The lowest BCUT2D eigenvalue weighted by Gasteiger charge is -2.35. The average Bonchev–Trinajstić information content (AvgIpc) is 3.29. The van der Waals surface area contributed by atoms with Gasteiger partial charge in [-0.3, -0.25) is 4.79 Å². The van der Waals surface area contributed by atoms with Gasteiger partial charge in [0.2, 0.25) is 0 Å². The maximum absolute atomic E-state index is 13.0. The van der Waals surface area contributed by atoms with Crippen molar-refractivity contribution in [3.05, 3.63) is 72.8 Å². The van der Waals surface area contributed by atoms with E-state index in [0.717, 1.165) is 22.5 Å². The number of anilines is 1. The van der Waals surface area contributed by atoms with Crippen LogP contribution in [0.3, 0.4) is 0 Å². The van der Waals surface area contributed by atoms with E-state index in [0.29, 0.717) is 43.3 Å². The van der Waals surface area contributed by atoms with Gasteiger partial charge in [-0.05, 0) is 12.1 Å². The summed E-state index contributed by atoms with van der Waals surface area (Å²) >= 11 is 0. The number of methoxy groups -OCH3 is 1. The zero-order chi connectivity index (χ0) is 21.2. The summed E-state index contributed by atoms with van der Waals surface area (Å²) in [4.78, 5) is 25.8. The molecular weight excluding hydrogens is 392 g/mol. The van der Waals surface area contributed by atoms with Crippen LogP contribution in [0, 0.1) is 0 Å². The zero-order valence-corrected chi connectivity index (χ0v) is 17.2. The van der Waals surface area contributed by atoms with Crippen LogP contribution in [0.2, 0.25) is 0 Å². The molecule has 0 aliphatic carbocycles. The van der Waals surface area contributed by atoms with Crippen LogP contribution in [0.4, 0.5) is 5.82 Å². The van der Waals surface area contributed by atoms with E-state index in [1.54, 1.807) is 19.5 Å². The molecule has 1 aliphatic heterocycles. The Hall–Kier alpha value is -3.87. The van der Waals surface area contributed by atoms with Crippen LogP contribution >= 0.6 is 0 Å². The number of amides is 1. The molecule has 2 aromatic carbocycles. The largest absolute Gasteiger partial charge is 0.493 e. The number of para-hydroxylation sites is 1. The first-order valence-corrected chi connectivity index (χ1v) is 10.2. The molecule has 31 heavy (non-hydrogen) atoms. The second-order valence-corrected chi connectivity index (χ2v) is 7.40. The molecule has 3 heterocycles. The third-order valence-corrected chi connectivity index (χ3v) is 5.55. The van der Waals surface area contributed by atoms with Gasteiger partial charge in [-0.1, -0.05) is 42.5 Å². The van der Waals surface area contributed by atoms with Crippen molar-refractivity contribution in [3.8, 4) is 17.0 Å². The van der Waals surface area contributed by atoms with Gasteiger partial charge in [-0.15, -0.1) is 0 Å².